The largest absolute Gasteiger partial charge is 0.508 e. The minimum atomic E-state index is 0.203. The van der Waals surface area contributed by atoms with Gasteiger partial charge in [-0.1, -0.05) is 48.5 Å². The van der Waals surface area contributed by atoms with Crippen LogP contribution in [-0.4, -0.2) is 40.9 Å². The molecule has 0 saturated carbocycles. The third-order valence-electron chi connectivity index (χ3n) is 4.62. The second kappa shape index (κ2) is 9.55. The number of nitrogens with one attached hydrogen (secondary N) is 1. The van der Waals surface area contributed by atoms with E-state index in [-0.39, 0.29) is 6.10 Å². The highest BCUT2D eigenvalue weighted by Gasteiger charge is 2.21. The van der Waals surface area contributed by atoms with Crippen molar-refractivity contribution in [1.29, 1.82) is 0 Å². The molecule has 0 spiro atoms. The lowest BCUT2D eigenvalue weighted by Gasteiger charge is -2.28. The topological polar surface area (TPSA) is 44.7 Å². The Balaban J connectivity index is 1.59. The van der Waals surface area contributed by atoms with Gasteiger partial charge in [-0.05, 0) is 43.1 Å². The summed E-state index contributed by atoms with van der Waals surface area (Å²) in [6.45, 7) is 2.92. The van der Waals surface area contributed by atoms with E-state index in [1.54, 1.807) is 6.07 Å². The van der Waals surface area contributed by atoms with Crippen LogP contribution >= 0.6 is 12.2 Å². The van der Waals surface area contributed by atoms with Gasteiger partial charge in [-0.3, -0.25) is 0 Å². The standard InChI is InChI=1S/C21H26N2O2S/c24-20-11-5-4-9-18(20)15-23(16-19-10-6-14-25-19)21(26)22-13-12-17-7-2-1-3-8-17/h1-5,7-9,11,19,24H,6,10,12-16H2,(H,22,26). The summed E-state index contributed by atoms with van der Waals surface area (Å²) in [5, 5.41) is 14.2. The second-order valence-corrected chi connectivity index (χ2v) is 7.00. The first-order chi connectivity index (χ1) is 12.7. The van der Waals surface area contributed by atoms with Crippen LogP contribution < -0.4 is 5.32 Å². The van der Waals surface area contributed by atoms with Crippen LogP contribution in [0.3, 0.4) is 0 Å². The van der Waals surface area contributed by atoms with E-state index in [0.717, 1.165) is 44.5 Å². The lowest BCUT2D eigenvalue weighted by Crippen LogP contribution is -2.43. The number of rotatable bonds is 7. The highest BCUT2D eigenvalue weighted by atomic mass is 32.1. The molecule has 1 unspecified atom stereocenters. The van der Waals surface area contributed by atoms with Crippen LogP contribution in [0.4, 0.5) is 0 Å². The number of thiocarbonyl (C=S) groups is 1. The van der Waals surface area contributed by atoms with Crippen LogP contribution in [0.25, 0.3) is 0 Å². The minimum absolute atomic E-state index is 0.203. The second-order valence-electron chi connectivity index (χ2n) is 6.61. The Morgan fingerprint density at radius 2 is 1.92 bits per heavy atom. The summed E-state index contributed by atoms with van der Waals surface area (Å²) in [5.41, 5.74) is 2.16. The number of ether oxygens (including phenoxy) is 1. The molecule has 2 aromatic rings. The van der Waals surface area contributed by atoms with Crippen molar-refractivity contribution in [3.8, 4) is 5.75 Å². The van der Waals surface area contributed by atoms with Gasteiger partial charge in [-0.15, -0.1) is 0 Å². The van der Waals surface area contributed by atoms with Crippen LogP contribution in [0.1, 0.15) is 24.0 Å². The molecular formula is C21H26N2O2S. The molecule has 2 aromatic carbocycles. The highest BCUT2D eigenvalue weighted by molar-refractivity contribution is 7.80. The molecule has 3 rings (SSSR count). The molecule has 4 nitrogen and oxygen atoms in total. The fraction of sp³-hybridized carbons (Fsp3) is 0.381. The first-order valence-electron chi connectivity index (χ1n) is 9.17. The minimum Gasteiger partial charge on any atom is -0.508 e. The molecule has 5 heteroatoms. The van der Waals surface area contributed by atoms with E-state index in [9.17, 15) is 5.11 Å². The predicted octanol–water partition coefficient (Wildman–Crippen LogP) is 3.49. The average Bonchev–Trinajstić information content (AvgIpc) is 3.17. The van der Waals surface area contributed by atoms with Crippen molar-refractivity contribution in [2.24, 2.45) is 0 Å². The lowest BCUT2D eigenvalue weighted by molar-refractivity contribution is 0.0896. The van der Waals surface area contributed by atoms with Gasteiger partial charge >= 0.3 is 0 Å². The fourth-order valence-electron chi connectivity index (χ4n) is 3.17. The maximum Gasteiger partial charge on any atom is 0.169 e. The van der Waals surface area contributed by atoms with Crippen molar-refractivity contribution in [3.63, 3.8) is 0 Å². The number of hydrogen-bond donors (Lipinski definition) is 2. The van der Waals surface area contributed by atoms with Gasteiger partial charge in [0.25, 0.3) is 0 Å². The molecule has 1 aliphatic heterocycles. The van der Waals surface area contributed by atoms with E-state index in [2.05, 4.69) is 34.5 Å². The summed E-state index contributed by atoms with van der Waals surface area (Å²) in [7, 11) is 0. The summed E-state index contributed by atoms with van der Waals surface area (Å²) < 4.78 is 5.78. The molecule has 1 fully saturated rings. The molecule has 1 saturated heterocycles. The molecule has 1 aliphatic rings. The van der Waals surface area contributed by atoms with Crippen LogP contribution in [0.15, 0.2) is 54.6 Å². The third kappa shape index (κ3) is 5.44. The van der Waals surface area contributed by atoms with Crippen molar-refractivity contribution >= 4 is 17.3 Å². The van der Waals surface area contributed by atoms with Crippen molar-refractivity contribution in [1.82, 2.24) is 10.2 Å². The van der Waals surface area contributed by atoms with Crippen LogP contribution in [0, 0.1) is 0 Å². The Morgan fingerprint density at radius 3 is 2.65 bits per heavy atom. The highest BCUT2D eigenvalue weighted by Crippen LogP contribution is 2.20. The van der Waals surface area contributed by atoms with Gasteiger partial charge < -0.3 is 20.1 Å². The normalized spacial score (nSPS) is 16.4. The van der Waals surface area contributed by atoms with Gasteiger partial charge in [-0.2, -0.15) is 0 Å². The van der Waals surface area contributed by atoms with E-state index in [1.807, 2.05) is 24.3 Å². The van der Waals surface area contributed by atoms with Gasteiger partial charge in [-0.25, -0.2) is 0 Å². The monoisotopic (exact) mass is 370 g/mol. The molecule has 0 aliphatic carbocycles. The Morgan fingerprint density at radius 1 is 1.15 bits per heavy atom. The zero-order valence-corrected chi connectivity index (χ0v) is 15.8. The fourth-order valence-corrected chi connectivity index (χ4v) is 3.41. The molecule has 1 atom stereocenters. The first kappa shape index (κ1) is 18.7. The molecule has 1 heterocycles. The van der Waals surface area contributed by atoms with Gasteiger partial charge in [0.1, 0.15) is 5.75 Å². The van der Waals surface area contributed by atoms with Gasteiger partial charge in [0, 0.05) is 31.8 Å². The third-order valence-corrected chi connectivity index (χ3v) is 5.02. The zero-order valence-electron chi connectivity index (χ0n) is 14.9. The Labute approximate surface area is 160 Å². The van der Waals surface area contributed by atoms with Crippen LogP contribution in [0.2, 0.25) is 0 Å². The molecule has 0 bridgehead atoms. The average molecular weight is 371 g/mol. The van der Waals surface area contributed by atoms with Crippen molar-refractivity contribution in [2.45, 2.75) is 31.9 Å². The first-order valence-corrected chi connectivity index (χ1v) is 9.58. The maximum atomic E-state index is 10.1. The van der Waals surface area contributed by atoms with E-state index in [0.29, 0.717) is 17.4 Å². The Kier molecular flexibility index (Phi) is 6.86. The van der Waals surface area contributed by atoms with E-state index in [1.165, 1.54) is 5.56 Å². The summed E-state index contributed by atoms with van der Waals surface area (Å²) >= 11 is 5.65. The summed E-state index contributed by atoms with van der Waals surface area (Å²) in [6.07, 6.45) is 3.29. The van der Waals surface area contributed by atoms with Crippen LogP contribution in [-0.2, 0) is 17.7 Å². The van der Waals surface area contributed by atoms with Gasteiger partial charge in [0.2, 0.25) is 0 Å². The van der Waals surface area contributed by atoms with E-state index in [4.69, 9.17) is 17.0 Å². The lowest BCUT2D eigenvalue weighted by atomic mass is 10.1. The molecule has 0 radical (unpaired) electrons. The molecular weight excluding hydrogens is 344 g/mol. The van der Waals surface area contributed by atoms with Gasteiger partial charge in [0.05, 0.1) is 6.10 Å². The number of benzene rings is 2. The molecule has 0 amide bonds. The molecule has 26 heavy (non-hydrogen) atoms. The summed E-state index contributed by atoms with van der Waals surface area (Å²) in [6, 6.07) is 17.8. The molecule has 2 N–H and O–H groups in total. The SMILES string of the molecule is Oc1ccccc1CN(CC1CCCO1)C(=S)NCCc1ccccc1. The number of phenols is 1. The quantitative estimate of drug-likeness (QED) is 0.731. The van der Waals surface area contributed by atoms with Gasteiger partial charge in [0.15, 0.2) is 5.11 Å². The van der Waals surface area contributed by atoms with E-state index < -0.39 is 0 Å². The number of hydrogen-bond acceptors (Lipinski definition) is 3. The number of para-hydroxylation sites is 1. The number of nitrogens with zero attached hydrogens (tertiary/aromatic N) is 1. The predicted molar refractivity (Wildman–Crippen MR) is 108 cm³/mol. The number of phenolic OH excluding ortho intramolecular Hbond substituents is 1. The number of aromatic hydroxyl groups is 1. The van der Waals surface area contributed by atoms with Crippen molar-refractivity contribution < 1.29 is 9.84 Å². The van der Waals surface area contributed by atoms with Crippen molar-refractivity contribution in [2.75, 3.05) is 19.7 Å². The molecule has 138 valence electrons. The summed E-state index contributed by atoms with van der Waals surface area (Å²) in [4.78, 5) is 2.10. The Hall–Kier alpha value is -2.11. The van der Waals surface area contributed by atoms with Crippen molar-refractivity contribution in [3.05, 3.63) is 65.7 Å². The summed E-state index contributed by atoms with van der Waals surface area (Å²) in [5.74, 6) is 0.303. The van der Waals surface area contributed by atoms with E-state index >= 15 is 0 Å². The Bertz CT molecular complexity index is 702. The zero-order chi connectivity index (χ0) is 18.2. The maximum absolute atomic E-state index is 10.1. The molecule has 0 aromatic heterocycles. The van der Waals surface area contributed by atoms with Crippen LogP contribution in [0.5, 0.6) is 5.75 Å². The smallest absolute Gasteiger partial charge is 0.169 e.